The molecule has 3 aromatic carbocycles. The number of ether oxygens (including phenoxy) is 1. The van der Waals surface area contributed by atoms with Gasteiger partial charge in [0.1, 0.15) is 0 Å². The zero-order valence-electron chi connectivity index (χ0n) is 14.6. The fraction of sp³-hybridized carbons (Fsp3) is 0.136. The average molecular weight is 364 g/mol. The van der Waals surface area contributed by atoms with Crippen LogP contribution in [0, 0.1) is 0 Å². The minimum absolute atomic E-state index is 0.0571. The summed E-state index contributed by atoms with van der Waals surface area (Å²) in [6, 6.07) is 28.4. The smallest absolute Gasteiger partial charge is 0.306 e. The molecule has 0 N–H and O–H groups in total. The first-order valence-corrected chi connectivity index (χ1v) is 10.3. The quantitative estimate of drug-likeness (QED) is 0.484. The van der Waals surface area contributed by atoms with E-state index in [1.54, 1.807) is 0 Å². The van der Waals surface area contributed by atoms with Gasteiger partial charge in [-0.3, -0.25) is 4.79 Å². The van der Waals surface area contributed by atoms with Gasteiger partial charge in [0.25, 0.3) is 0 Å². The van der Waals surface area contributed by atoms with Crippen LogP contribution in [0.2, 0.25) is 0 Å². The van der Waals surface area contributed by atoms with Gasteiger partial charge in [-0.2, -0.15) is 0 Å². The Morgan fingerprint density at radius 3 is 1.65 bits per heavy atom. The van der Waals surface area contributed by atoms with Gasteiger partial charge in [0.05, 0.1) is 19.2 Å². The first-order valence-electron chi connectivity index (χ1n) is 8.49. The molecule has 0 bridgehead atoms. The summed E-state index contributed by atoms with van der Waals surface area (Å²) in [5, 5.41) is 1.48. The third-order valence-electron chi connectivity index (χ3n) is 4.49. The van der Waals surface area contributed by atoms with Gasteiger partial charge in [0.15, 0.2) is 7.14 Å². The van der Waals surface area contributed by atoms with Crippen LogP contribution in [0.4, 0.5) is 0 Å². The fourth-order valence-corrected chi connectivity index (χ4v) is 6.43. The number of rotatable bonds is 6. The molecule has 4 heteroatoms. The molecule has 3 nitrogen and oxygen atoms in total. The Balaban J connectivity index is 2.23. The van der Waals surface area contributed by atoms with Crippen LogP contribution in [0.3, 0.4) is 0 Å². The van der Waals surface area contributed by atoms with Crippen molar-refractivity contribution < 1.29 is 14.1 Å². The molecule has 0 spiro atoms. The molecule has 1 atom stereocenters. The summed E-state index contributed by atoms with van der Waals surface area (Å²) in [5.41, 5.74) is 0.384. The first kappa shape index (κ1) is 18.2. The molecule has 0 amide bonds. The van der Waals surface area contributed by atoms with E-state index in [-0.39, 0.29) is 12.4 Å². The lowest BCUT2D eigenvalue weighted by Crippen LogP contribution is -2.23. The van der Waals surface area contributed by atoms with Gasteiger partial charge < -0.3 is 9.30 Å². The largest absolute Gasteiger partial charge is 0.469 e. The molecule has 0 saturated carbocycles. The van der Waals surface area contributed by atoms with Gasteiger partial charge in [-0.25, -0.2) is 0 Å². The Morgan fingerprint density at radius 2 is 1.23 bits per heavy atom. The summed E-state index contributed by atoms with van der Waals surface area (Å²) in [5.74, 6) is -0.369. The van der Waals surface area contributed by atoms with Gasteiger partial charge in [0, 0.05) is 10.6 Å². The monoisotopic (exact) mass is 364 g/mol. The van der Waals surface area contributed by atoms with E-state index in [0.717, 1.165) is 16.2 Å². The van der Waals surface area contributed by atoms with Crippen molar-refractivity contribution in [3.05, 3.63) is 96.6 Å². The number of carbonyl (C=O) groups is 1. The van der Waals surface area contributed by atoms with Gasteiger partial charge >= 0.3 is 5.97 Å². The molecule has 1 unspecified atom stereocenters. The minimum Gasteiger partial charge on any atom is -0.469 e. The zero-order chi connectivity index (χ0) is 18.4. The summed E-state index contributed by atoms with van der Waals surface area (Å²) in [4.78, 5) is 12.2. The molecule has 132 valence electrons. The van der Waals surface area contributed by atoms with Crippen LogP contribution in [0.15, 0.2) is 91.0 Å². The highest BCUT2D eigenvalue weighted by Gasteiger charge is 2.39. The van der Waals surface area contributed by atoms with Crippen molar-refractivity contribution in [3.8, 4) is 0 Å². The molecule has 3 aromatic rings. The predicted molar refractivity (Wildman–Crippen MR) is 106 cm³/mol. The molecule has 0 aliphatic heterocycles. The summed E-state index contributed by atoms with van der Waals surface area (Å²) in [6.45, 7) is 0. The van der Waals surface area contributed by atoms with Crippen LogP contribution < -0.4 is 10.6 Å². The SMILES string of the molecule is COC(=O)CC(c1ccccc1)P(=O)(c1ccccc1)c1ccccc1. The summed E-state index contributed by atoms with van der Waals surface area (Å²) < 4.78 is 19.5. The van der Waals surface area contributed by atoms with Crippen LogP contribution >= 0.6 is 7.14 Å². The van der Waals surface area contributed by atoms with Crippen molar-refractivity contribution >= 4 is 23.7 Å². The number of methoxy groups -OCH3 is 1. The van der Waals surface area contributed by atoms with Crippen molar-refractivity contribution in [3.63, 3.8) is 0 Å². The van der Waals surface area contributed by atoms with E-state index in [9.17, 15) is 9.36 Å². The third-order valence-corrected chi connectivity index (χ3v) is 7.98. The molecule has 0 saturated heterocycles. The summed E-state index contributed by atoms with van der Waals surface area (Å²) in [7, 11) is -1.76. The van der Waals surface area contributed by atoms with Crippen LogP contribution in [-0.4, -0.2) is 13.1 Å². The Hall–Kier alpha value is -2.64. The molecule has 0 fully saturated rings. The second-order valence-corrected chi connectivity index (χ2v) is 9.01. The molecule has 26 heavy (non-hydrogen) atoms. The van der Waals surface area contributed by atoms with Crippen molar-refractivity contribution in [1.29, 1.82) is 0 Å². The Kier molecular flexibility index (Phi) is 5.70. The molecule has 0 heterocycles. The predicted octanol–water partition coefficient (Wildman–Crippen LogP) is 4.30. The van der Waals surface area contributed by atoms with Gasteiger partial charge in [0.2, 0.25) is 0 Å². The van der Waals surface area contributed by atoms with Gasteiger partial charge in [-0.1, -0.05) is 91.0 Å². The number of hydrogen-bond acceptors (Lipinski definition) is 3. The maximum Gasteiger partial charge on any atom is 0.306 e. The Bertz CT molecular complexity index is 849. The number of carbonyl (C=O) groups excluding carboxylic acids is 1. The first-order chi connectivity index (χ1) is 12.7. The highest BCUT2D eigenvalue weighted by Crippen LogP contribution is 2.58. The standard InChI is InChI=1S/C22H21O3P/c1-25-22(23)17-21(18-11-5-2-6-12-18)26(24,19-13-7-3-8-14-19)20-15-9-4-10-16-20/h2-16,21H,17H2,1H3. The molecule has 3 rings (SSSR count). The zero-order valence-corrected chi connectivity index (χ0v) is 15.5. The maximum absolute atomic E-state index is 14.6. The van der Waals surface area contributed by atoms with E-state index in [0.29, 0.717) is 0 Å². The van der Waals surface area contributed by atoms with Crippen molar-refractivity contribution in [2.24, 2.45) is 0 Å². The fourth-order valence-electron chi connectivity index (χ4n) is 3.18. The van der Waals surface area contributed by atoms with E-state index in [4.69, 9.17) is 4.74 Å². The number of esters is 1. The second-order valence-electron chi connectivity index (χ2n) is 6.04. The Labute approximate surface area is 154 Å². The summed E-state index contributed by atoms with van der Waals surface area (Å²) in [6.07, 6.45) is 0.0571. The third kappa shape index (κ3) is 3.63. The summed E-state index contributed by atoms with van der Waals surface area (Å²) >= 11 is 0. The topological polar surface area (TPSA) is 43.4 Å². The molecular formula is C22H21O3P. The number of benzene rings is 3. The van der Waals surface area contributed by atoms with Crippen LogP contribution in [-0.2, 0) is 14.1 Å². The van der Waals surface area contributed by atoms with E-state index < -0.39 is 12.8 Å². The molecule has 0 aliphatic rings. The molecule has 0 radical (unpaired) electrons. The van der Waals surface area contributed by atoms with Crippen molar-refractivity contribution in [1.82, 2.24) is 0 Å². The van der Waals surface area contributed by atoms with E-state index in [2.05, 4.69) is 0 Å². The highest BCUT2D eigenvalue weighted by molar-refractivity contribution is 7.79. The van der Waals surface area contributed by atoms with Crippen LogP contribution in [0.5, 0.6) is 0 Å². The van der Waals surface area contributed by atoms with Crippen LogP contribution in [0.25, 0.3) is 0 Å². The second kappa shape index (κ2) is 8.16. The molecule has 0 aromatic heterocycles. The highest BCUT2D eigenvalue weighted by atomic mass is 31.2. The van der Waals surface area contributed by atoms with E-state index in [1.807, 2.05) is 91.0 Å². The average Bonchev–Trinajstić information content (AvgIpc) is 2.73. The molecule has 0 aliphatic carbocycles. The maximum atomic E-state index is 14.6. The normalized spacial score (nSPS) is 12.3. The lowest BCUT2D eigenvalue weighted by atomic mass is 10.1. The lowest BCUT2D eigenvalue weighted by molar-refractivity contribution is -0.140. The van der Waals surface area contributed by atoms with E-state index >= 15 is 0 Å². The lowest BCUT2D eigenvalue weighted by Gasteiger charge is -2.28. The van der Waals surface area contributed by atoms with Crippen LogP contribution in [0.1, 0.15) is 17.6 Å². The van der Waals surface area contributed by atoms with Gasteiger partial charge in [-0.15, -0.1) is 0 Å². The van der Waals surface area contributed by atoms with Crippen molar-refractivity contribution in [2.45, 2.75) is 12.1 Å². The van der Waals surface area contributed by atoms with Crippen molar-refractivity contribution in [2.75, 3.05) is 7.11 Å². The molecular weight excluding hydrogens is 343 g/mol. The Morgan fingerprint density at radius 1 is 0.808 bits per heavy atom. The number of hydrogen-bond donors (Lipinski definition) is 0. The van der Waals surface area contributed by atoms with E-state index in [1.165, 1.54) is 7.11 Å². The van der Waals surface area contributed by atoms with Gasteiger partial charge in [-0.05, 0) is 5.56 Å². The minimum atomic E-state index is -3.12.